The van der Waals surface area contributed by atoms with Crippen LogP contribution in [-0.2, 0) is 0 Å². The molecule has 6 heteroatoms. The van der Waals surface area contributed by atoms with Gasteiger partial charge >= 0.3 is 0 Å². The number of hydrogen-bond acceptors (Lipinski definition) is 3. The van der Waals surface area contributed by atoms with Gasteiger partial charge in [0.15, 0.2) is 0 Å². The lowest BCUT2D eigenvalue weighted by atomic mass is 10.1. The first-order valence-electron chi connectivity index (χ1n) is 5.42. The first-order chi connectivity index (χ1) is 8.09. The van der Waals surface area contributed by atoms with Crippen molar-refractivity contribution in [2.45, 2.75) is 26.3 Å². The number of rotatable bonds is 4. The lowest BCUT2D eigenvalue weighted by molar-refractivity contribution is 0.105. The largest absolute Gasteiger partial charge is 0.361 e. The van der Waals surface area contributed by atoms with E-state index in [1.165, 1.54) is 6.33 Å². The third kappa shape index (κ3) is 2.35. The molecule has 2 aromatic heterocycles. The number of alkyl halides is 2. The number of halogens is 2. The van der Waals surface area contributed by atoms with E-state index in [9.17, 15) is 8.78 Å². The molecule has 0 saturated heterocycles. The molecule has 0 unspecified atom stereocenters. The van der Waals surface area contributed by atoms with Crippen molar-refractivity contribution < 1.29 is 8.78 Å². The maximum atomic E-state index is 12.8. The normalized spacial score (nSPS) is 13.5. The summed E-state index contributed by atoms with van der Waals surface area (Å²) in [5, 5.41) is 3.51. The number of nitrogens with zero attached hydrogens (tertiary/aromatic N) is 2. The second-order valence-electron chi connectivity index (χ2n) is 4.21. The van der Waals surface area contributed by atoms with Crippen LogP contribution in [0.5, 0.6) is 0 Å². The second-order valence-corrected chi connectivity index (χ2v) is 4.21. The summed E-state index contributed by atoms with van der Waals surface area (Å²) in [6.07, 6.45) is 0.625. The zero-order valence-corrected chi connectivity index (χ0v) is 9.61. The van der Waals surface area contributed by atoms with E-state index in [-0.39, 0.29) is 5.92 Å². The Bertz CT molecular complexity index is 487. The third-order valence-corrected chi connectivity index (χ3v) is 2.65. The molecule has 0 aliphatic rings. The fraction of sp³-hybridized carbons (Fsp3) is 0.455. The van der Waals surface area contributed by atoms with Gasteiger partial charge in [-0.2, -0.15) is 0 Å². The van der Waals surface area contributed by atoms with E-state index in [0.29, 0.717) is 11.5 Å². The number of nitrogens with one attached hydrogen (secondary N) is 2. The van der Waals surface area contributed by atoms with Crippen molar-refractivity contribution in [2.24, 2.45) is 5.92 Å². The van der Waals surface area contributed by atoms with Crippen LogP contribution in [0.15, 0.2) is 18.6 Å². The number of aromatic amines is 1. The molecule has 92 valence electrons. The van der Waals surface area contributed by atoms with Crippen molar-refractivity contribution in [3.63, 3.8) is 0 Å². The number of aromatic nitrogens is 3. The summed E-state index contributed by atoms with van der Waals surface area (Å²) in [6, 6.07) is 0.851. The predicted octanol–water partition coefficient (Wildman–Crippen LogP) is 2.66. The van der Waals surface area contributed by atoms with Crippen LogP contribution < -0.4 is 5.32 Å². The molecule has 0 spiro atoms. The average Bonchev–Trinajstić information content (AvgIpc) is 2.73. The molecule has 0 fully saturated rings. The van der Waals surface area contributed by atoms with E-state index in [4.69, 9.17) is 0 Å². The van der Waals surface area contributed by atoms with E-state index in [2.05, 4.69) is 20.3 Å². The predicted molar refractivity (Wildman–Crippen MR) is 62.1 cm³/mol. The van der Waals surface area contributed by atoms with Crippen LogP contribution in [0.4, 0.5) is 14.6 Å². The van der Waals surface area contributed by atoms with Crippen LogP contribution in [-0.4, -0.2) is 27.4 Å². The van der Waals surface area contributed by atoms with Gasteiger partial charge in [0.1, 0.15) is 17.8 Å². The summed E-state index contributed by atoms with van der Waals surface area (Å²) >= 11 is 0. The molecule has 0 aliphatic carbocycles. The summed E-state index contributed by atoms with van der Waals surface area (Å²) in [5.41, 5.74) is 0.638. The van der Waals surface area contributed by atoms with Gasteiger partial charge < -0.3 is 10.3 Å². The van der Waals surface area contributed by atoms with Gasteiger partial charge in [-0.3, -0.25) is 0 Å². The van der Waals surface area contributed by atoms with E-state index in [0.717, 1.165) is 5.39 Å². The molecule has 0 radical (unpaired) electrons. The Morgan fingerprint density at radius 3 is 2.71 bits per heavy atom. The van der Waals surface area contributed by atoms with Crippen LogP contribution in [0.3, 0.4) is 0 Å². The monoisotopic (exact) mass is 240 g/mol. The molecule has 4 nitrogen and oxygen atoms in total. The highest BCUT2D eigenvalue weighted by atomic mass is 19.3. The molecular weight excluding hydrogens is 226 g/mol. The Hall–Kier alpha value is -1.72. The average molecular weight is 240 g/mol. The Kier molecular flexibility index (Phi) is 3.21. The molecule has 0 saturated carbocycles. The standard InChI is InChI=1S/C11H14F2N4/c1-6(2)8(9(12)13)17-11-7-3-4-14-10(7)15-5-16-11/h3-6,8-9H,1-2H3,(H2,14,15,16,17)/t8-/m1/s1. The maximum absolute atomic E-state index is 12.8. The van der Waals surface area contributed by atoms with Crippen LogP contribution in [0.2, 0.25) is 0 Å². The Balaban J connectivity index is 2.31. The van der Waals surface area contributed by atoms with Crippen molar-refractivity contribution in [3.05, 3.63) is 18.6 Å². The third-order valence-electron chi connectivity index (χ3n) is 2.65. The molecular formula is C11H14F2N4. The number of anilines is 1. The molecule has 0 aliphatic heterocycles. The summed E-state index contributed by atoms with van der Waals surface area (Å²) in [7, 11) is 0. The SMILES string of the molecule is CC(C)[C@@H](Nc1ncnc2[nH]ccc12)C(F)F. The van der Waals surface area contributed by atoms with Crippen LogP contribution in [0.1, 0.15) is 13.8 Å². The molecule has 17 heavy (non-hydrogen) atoms. The summed E-state index contributed by atoms with van der Waals surface area (Å²) in [6.45, 7) is 3.50. The first-order valence-corrected chi connectivity index (χ1v) is 5.42. The highest BCUT2D eigenvalue weighted by molar-refractivity contribution is 5.86. The van der Waals surface area contributed by atoms with Gasteiger partial charge in [-0.15, -0.1) is 0 Å². The fourth-order valence-corrected chi connectivity index (χ4v) is 1.67. The minimum Gasteiger partial charge on any atom is -0.361 e. The number of H-pyrrole nitrogens is 1. The zero-order valence-electron chi connectivity index (χ0n) is 9.61. The number of hydrogen-bond donors (Lipinski definition) is 2. The molecule has 0 bridgehead atoms. The first kappa shape index (κ1) is 11.8. The zero-order chi connectivity index (χ0) is 12.4. The Morgan fingerprint density at radius 1 is 1.29 bits per heavy atom. The Labute approximate surface area is 97.5 Å². The smallest absolute Gasteiger partial charge is 0.258 e. The van der Waals surface area contributed by atoms with Crippen molar-refractivity contribution in [3.8, 4) is 0 Å². The van der Waals surface area contributed by atoms with Crippen molar-refractivity contribution in [1.29, 1.82) is 0 Å². The van der Waals surface area contributed by atoms with Crippen LogP contribution >= 0.6 is 0 Å². The highest BCUT2D eigenvalue weighted by Crippen LogP contribution is 2.22. The van der Waals surface area contributed by atoms with Crippen molar-refractivity contribution in [2.75, 3.05) is 5.32 Å². The molecule has 1 atom stereocenters. The highest BCUT2D eigenvalue weighted by Gasteiger charge is 2.24. The fourth-order valence-electron chi connectivity index (χ4n) is 1.67. The molecule has 0 amide bonds. The van der Waals surface area contributed by atoms with Gasteiger partial charge in [-0.05, 0) is 12.0 Å². The maximum Gasteiger partial charge on any atom is 0.258 e. The van der Waals surface area contributed by atoms with Crippen molar-refractivity contribution in [1.82, 2.24) is 15.0 Å². The molecule has 2 rings (SSSR count). The van der Waals surface area contributed by atoms with Crippen molar-refractivity contribution >= 4 is 16.9 Å². The Morgan fingerprint density at radius 2 is 2.06 bits per heavy atom. The molecule has 2 heterocycles. The quantitative estimate of drug-likeness (QED) is 0.863. The summed E-state index contributed by atoms with van der Waals surface area (Å²) < 4.78 is 25.7. The lowest BCUT2D eigenvalue weighted by Crippen LogP contribution is -2.33. The van der Waals surface area contributed by atoms with E-state index < -0.39 is 12.5 Å². The van der Waals surface area contributed by atoms with Crippen LogP contribution in [0.25, 0.3) is 11.0 Å². The van der Waals surface area contributed by atoms with Gasteiger partial charge in [-0.25, -0.2) is 18.7 Å². The van der Waals surface area contributed by atoms with E-state index in [1.807, 2.05) is 0 Å². The summed E-state index contributed by atoms with van der Waals surface area (Å²) in [4.78, 5) is 10.9. The topological polar surface area (TPSA) is 53.6 Å². The van der Waals surface area contributed by atoms with Gasteiger partial charge in [0.25, 0.3) is 6.43 Å². The number of fused-ring (bicyclic) bond motifs is 1. The molecule has 0 aromatic carbocycles. The molecule has 2 aromatic rings. The lowest BCUT2D eigenvalue weighted by Gasteiger charge is -2.22. The molecule has 2 N–H and O–H groups in total. The van der Waals surface area contributed by atoms with E-state index >= 15 is 0 Å². The van der Waals surface area contributed by atoms with Gasteiger partial charge in [0, 0.05) is 6.20 Å². The van der Waals surface area contributed by atoms with Gasteiger partial charge in [0.2, 0.25) is 0 Å². The second kappa shape index (κ2) is 4.65. The summed E-state index contributed by atoms with van der Waals surface area (Å²) in [5.74, 6) is 0.259. The van der Waals surface area contributed by atoms with E-state index in [1.54, 1.807) is 26.1 Å². The van der Waals surface area contributed by atoms with Gasteiger partial charge in [-0.1, -0.05) is 13.8 Å². The minimum atomic E-state index is -2.43. The van der Waals surface area contributed by atoms with Gasteiger partial charge in [0.05, 0.1) is 11.4 Å². The minimum absolute atomic E-state index is 0.182. The van der Waals surface area contributed by atoms with Crippen LogP contribution in [0, 0.1) is 5.92 Å².